The van der Waals surface area contributed by atoms with E-state index in [1.165, 1.54) is 5.56 Å². The number of anilines is 1. The lowest BCUT2D eigenvalue weighted by atomic mass is 10.1. The van der Waals surface area contributed by atoms with Gasteiger partial charge in [-0.15, -0.1) is 0 Å². The minimum absolute atomic E-state index is 0.470. The summed E-state index contributed by atoms with van der Waals surface area (Å²) in [6, 6.07) is 15.5. The second-order valence-electron chi connectivity index (χ2n) is 4.36. The first-order valence-electron chi connectivity index (χ1n) is 6.24. The lowest BCUT2D eigenvalue weighted by Gasteiger charge is -2.11. The predicted molar refractivity (Wildman–Crippen MR) is 80.6 cm³/mol. The van der Waals surface area contributed by atoms with Crippen LogP contribution in [0.3, 0.4) is 0 Å². The zero-order valence-electron chi connectivity index (χ0n) is 11.2. The summed E-state index contributed by atoms with van der Waals surface area (Å²) in [6.07, 6.45) is 0. The van der Waals surface area contributed by atoms with Crippen LogP contribution in [0.25, 0.3) is 0 Å². The first-order chi connectivity index (χ1) is 9.74. The summed E-state index contributed by atoms with van der Waals surface area (Å²) in [5, 5.41) is 12.7. The minimum atomic E-state index is 0.470. The first kappa shape index (κ1) is 14.4. The number of halogens is 1. The molecule has 0 fully saturated rings. The monoisotopic (exact) mass is 286 g/mol. The molecule has 2 aromatic rings. The standard InChI is InChI=1S/C16H15ClN2O/c1-20-11-13-5-3-2-4-12(13)10-19-15-6-7-16(17)14(8-15)9-18/h2-8,19H,10-11H2,1H3. The Kier molecular flexibility index (Phi) is 5.00. The number of nitrogens with zero attached hydrogens (tertiary/aromatic N) is 1. The average molecular weight is 287 g/mol. The molecule has 0 radical (unpaired) electrons. The molecule has 0 aliphatic heterocycles. The molecule has 20 heavy (non-hydrogen) atoms. The van der Waals surface area contributed by atoms with E-state index >= 15 is 0 Å². The molecule has 0 aromatic heterocycles. The lowest BCUT2D eigenvalue weighted by Crippen LogP contribution is -2.03. The Morgan fingerprint density at radius 1 is 1.20 bits per heavy atom. The number of hydrogen-bond acceptors (Lipinski definition) is 3. The van der Waals surface area contributed by atoms with E-state index in [4.69, 9.17) is 21.6 Å². The highest BCUT2D eigenvalue weighted by Crippen LogP contribution is 2.20. The summed E-state index contributed by atoms with van der Waals surface area (Å²) in [7, 11) is 1.68. The van der Waals surface area contributed by atoms with Gasteiger partial charge >= 0.3 is 0 Å². The summed E-state index contributed by atoms with van der Waals surface area (Å²) in [5.41, 5.74) is 3.67. The Balaban J connectivity index is 2.11. The molecular formula is C16H15ClN2O. The predicted octanol–water partition coefficient (Wildman–Crippen LogP) is 3.97. The molecule has 0 amide bonds. The van der Waals surface area contributed by atoms with Gasteiger partial charge in [-0.2, -0.15) is 5.26 Å². The van der Waals surface area contributed by atoms with Crippen molar-refractivity contribution in [3.8, 4) is 6.07 Å². The van der Waals surface area contributed by atoms with Gasteiger partial charge in [0.2, 0.25) is 0 Å². The maximum atomic E-state index is 8.96. The van der Waals surface area contributed by atoms with Gasteiger partial charge in [-0.3, -0.25) is 0 Å². The van der Waals surface area contributed by atoms with Gasteiger partial charge in [0.1, 0.15) is 6.07 Å². The van der Waals surface area contributed by atoms with Crippen molar-refractivity contribution < 1.29 is 4.74 Å². The van der Waals surface area contributed by atoms with Crippen LogP contribution in [0, 0.1) is 11.3 Å². The topological polar surface area (TPSA) is 45.0 Å². The van der Waals surface area contributed by atoms with Gasteiger partial charge in [-0.25, -0.2) is 0 Å². The maximum absolute atomic E-state index is 8.96. The van der Waals surface area contributed by atoms with Gasteiger partial charge < -0.3 is 10.1 Å². The minimum Gasteiger partial charge on any atom is -0.381 e. The van der Waals surface area contributed by atoms with Crippen LogP contribution < -0.4 is 5.32 Å². The number of benzene rings is 2. The lowest BCUT2D eigenvalue weighted by molar-refractivity contribution is 0.184. The van der Waals surface area contributed by atoms with Crippen molar-refractivity contribution in [1.29, 1.82) is 5.26 Å². The van der Waals surface area contributed by atoms with Crippen LogP contribution >= 0.6 is 11.6 Å². The van der Waals surface area contributed by atoms with Crippen molar-refractivity contribution in [2.75, 3.05) is 12.4 Å². The van der Waals surface area contributed by atoms with Crippen LogP contribution in [-0.4, -0.2) is 7.11 Å². The largest absolute Gasteiger partial charge is 0.381 e. The second-order valence-corrected chi connectivity index (χ2v) is 4.77. The molecule has 0 aliphatic carbocycles. The van der Waals surface area contributed by atoms with E-state index in [9.17, 15) is 0 Å². The number of methoxy groups -OCH3 is 1. The van der Waals surface area contributed by atoms with E-state index < -0.39 is 0 Å². The van der Waals surface area contributed by atoms with Crippen molar-refractivity contribution in [2.24, 2.45) is 0 Å². The van der Waals surface area contributed by atoms with Crippen molar-refractivity contribution >= 4 is 17.3 Å². The van der Waals surface area contributed by atoms with Crippen molar-refractivity contribution in [2.45, 2.75) is 13.2 Å². The van der Waals surface area contributed by atoms with Crippen LogP contribution in [0.4, 0.5) is 5.69 Å². The fourth-order valence-electron chi connectivity index (χ4n) is 1.94. The summed E-state index contributed by atoms with van der Waals surface area (Å²) < 4.78 is 5.18. The van der Waals surface area contributed by atoms with Crippen molar-refractivity contribution in [3.05, 3.63) is 64.2 Å². The Morgan fingerprint density at radius 2 is 1.95 bits per heavy atom. The van der Waals surface area contributed by atoms with Crippen LogP contribution in [0.2, 0.25) is 5.02 Å². The fourth-order valence-corrected chi connectivity index (χ4v) is 2.10. The molecule has 0 spiro atoms. The zero-order valence-corrected chi connectivity index (χ0v) is 11.9. The molecule has 102 valence electrons. The summed E-state index contributed by atoms with van der Waals surface area (Å²) in [5.74, 6) is 0. The molecule has 2 rings (SSSR count). The summed E-state index contributed by atoms with van der Waals surface area (Å²) in [4.78, 5) is 0. The van der Waals surface area contributed by atoms with E-state index in [2.05, 4.69) is 17.5 Å². The first-order valence-corrected chi connectivity index (χ1v) is 6.61. The zero-order chi connectivity index (χ0) is 14.4. The molecule has 2 aromatic carbocycles. The molecule has 4 heteroatoms. The van der Waals surface area contributed by atoms with E-state index in [0.29, 0.717) is 23.7 Å². The third kappa shape index (κ3) is 3.51. The van der Waals surface area contributed by atoms with Gasteiger partial charge in [0.05, 0.1) is 17.2 Å². The number of rotatable bonds is 5. The average Bonchev–Trinajstić information content (AvgIpc) is 2.48. The van der Waals surface area contributed by atoms with E-state index in [-0.39, 0.29) is 0 Å². The summed E-state index contributed by atoms with van der Waals surface area (Å²) in [6.45, 7) is 1.26. The third-order valence-electron chi connectivity index (χ3n) is 2.99. The molecule has 0 aliphatic rings. The SMILES string of the molecule is COCc1ccccc1CNc1ccc(Cl)c(C#N)c1. The van der Waals surface area contributed by atoms with Crippen LogP contribution in [-0.2, 0) is 17.9 Å². The number of hydrogen-bond donors (Lipinski definition) is 1. The molecular weight excluding hydrogens is 272 g/mol. The maximum Gasteiger partial charge on any atom is 0.101 e. The smallest absolute Gasteiger partial charge is 0.101 e. The molecule has 0 heterocycles. The highest BCUT2D eigenvalue weighted by molar-refractivity contribution is 6.31. The van der Waals surface area contributed by atoms with E-state index in [0.717, 1.165) is 11.3 Å². The van der Waals surface area contributed by atoms with Crippen LogP contribution in [0.1, 0.15) is 16.7 Å². The third-order valence-corrected chi connectivity index (χ3v) is 3.32. The normalized spacial score (nSPS) is 10.1. The summed E-state index contributed by atoms with van der Waals surface area (Å²) >= 11 is 5.91. The highest BCUT2D eigenvalue weighted by Gasteiger charge is 2.03. The highest BCUT2D eigenvalue weighted by atomic mass is 35.5. The van der Waals surface area contributed by atoms with E-state index in [1.807, 2.05) is 24.3 Å². The van der Waals surface area contributed by atoms with Gasteiger partial charge in [0, 0.05) is 19.3 Å². The van der Waals surface area contributed by atoms with Crippen LogP contribution in [0.5, 0.6) is 0 Å². The number of nitrogens with one attached hydrogen (secondary N) is 1. The van der Waals surface area contributed by atoms with Crippen molar-refractivity contribution in [3.63, 3.8) is 0 Å². The Bertz CT molecular complexity index is 635. The Morgan fingerprint density at radius 3 is 2.65 bits per heavy atom. The number of ether oxygens (including phenoxy) is 1. The van der Waals surface area contributed by atoms with Crippen molar-refractivity contribution in [1.82, 2.24) is 0 Å². The molecule has 0 atom stereocenters. The van der Waals surface area contributed by atoms with Crippen LogP contribution in [0.15, 0.2) is 42.5 Å². The Hall–Kier alpha value is -2.02. The molecule has 1 N–H and O–H groups in total. The Labute approximate surface area is 123 Å². The van der Waals surface area contributed by atoms with Gasteiger partial charge in [-0.1, -0.05) is 35.9 Å². The molecule has 0 saturated carbocycles. The fraction of sp³-hybridized carbons (Fsp3) is 0.188. The van der Waals surface area contributed by atoms with Gasteiger partial charge in [0.15, 0.2) is 0 Å². The van der Waals surface area contributed by atoms with Gasteiger partial charge in [0.25, 0.3) is 0 Å². The second kappa shape index (κ2) is 6.95. The van der Waals surface area contributed by atoms with E-state index in [1.54, 1.807) is 19.2 Å². The quantitative estimate of drug-likeness (QED) is 0.904. The molecule has 0 saturated heterocycles. The number of nitriles is 1. The molecule has 0 bridgehead atoms. The van der Waals surface area contributed by atoms with Gasteiger partial charge in [-0.05, 0) is 29.3 Å². The molecule has 3 nitrogen and oxygen atoms in total. The molecule has 0 unspecified atom stereocenters.